The van der Waals surface area contributed by atoms with E-state index in [1.165, 1.54) is 35.2 Å². The van der Waals surface area contributed by atoms with Gasteiger partial charge in [0.15, 0.2) is 11.5 Å². The van der Waals surface area contributed by atoms with E-state index in [1.807, 2.05) is 45.0 Å². The van der Waals surface area contributed by atoms with E-state index in [2.05, 4.69) is 5.32 Å². The zero-order valence-corrected chi connectivity index (χ0v) is 25.5. The molecule has 0 spiro atoms. The van der Waals surface area contributed by atoms with Crippen LogP contribution < -0.4 is 19.1 Å². The first kappa shape index (κ1) is 31.8. The van der Waals surface area contributed by atoms with E-state index < -0.39 is 34.3 Å². The number of nitrogens with one attached hydrogen (secondary N) is 1. The van der Waals surface area contributed by atoms with Crippen LogP contribution in [0.4, 0.5) is 10.1 Å². The molecule has 1 aliphatic heterocycles. The Morgan fingerprint density at radius 1 is 0.977 bits per heavy atom. The summed E-state index contributed by atoms with van der Waals surface area (Å²) in [5, 5.41) is 2.91. The highest BCUT2D eigenvalue weighted by Crippen LogP contribution is 2.34. The van der Waals surface area contributed by atoms with E-state index >= 15 is 0 Å². The van der Waals surface area contributed by atoms with Crippen LogP contribution in [0.3, 0.4) is 0 Å². The standard InChI is InChI=1S/C32H38FN3O6S/c1-4-6-16-34-32(38)28(5-2)35(21-24-9-7-8-23(3)19-24)31(37)22-36(26-12-10-25(33)11-13-26)43(39,40)27-14-15-29-30(20-27)42-18-17-41-29/h7-15,19-20,28H,4-6,16-18,21-22H2,1-3H3,(H,34,38). The third kappa shape index (κ3) is 7.84. The van der Waals surface area contributed by atoms with E-state index in [1.54, 1.807) is 0 Å². The molecule has 4 rings (SSSR count). The summed E-state index contributed by atoms with van der Waals surface area (Å²) in [4.78, 5) is 28.7. The molecule has 0 bridgehead atoms. The molecule has 0 radical (unpaired) electrons. The number of halogens is 1. The zero-order chi connectivity index (χ0) is 31.0. The van der Waals surface area contributed by atoms with Crippen LogP contribution in [-0.4, -0.2) is 57.5 Å². The zero-order valence-electron chi connectivity index (χ0n) is 24.7. The fraction of sp³-hybridized carbons (Fsp3) is 0.375. The summed E-state index contributed by atoms with van der Waals surface area (Å²) in [7, 11) is -4.35. The molecular formula is C32H38FN3O6S. The second-order valence-corrected chi connectivity index (χ2v) is 12.2. The van der Waals surface area contributed by atoms with Crippen molar-refractivity contribution in [1.29, 1.82) is 0 Å². The number of rotatable bonds is 13. The topological polar surface area (TPSA) is 105 Å². The number of nitrogens with zero attached hydrogens (tertiary/aromatic N) is 2. The molecule has 0 aromatic heterocycles. The Morgan fingerprint density at radius 3 is 2.37 bits per heavy atom. The summed E-state index contributed by atoms with van der Waals surface area (Å²) in [5.74, 6) is -0.751. The van der Waals surface area contributed by atoms with Gasteiger partial charge in [0.05, 0.1) is 10.6 Å². The van der Waals surface area contributed by atoms with Crippen molar-refractivity contribution in [2.24, 2.45) is 0 Å². The number of aryl methyl sites for hydroxylation is 1. The van der Waals surface area contributed by atoms with Crippen LogP contribution in [-0.2, 0) is 26.2 Å². The normalized spacial score (nSPS) is 13.2. The molecule has 0 aliphatic carbocycles. The van der Waals surface area contributed by atoms with Crippen LogP contribution in [0.5, 0.6) is 11.5 Å². The molecule has 1 atom stereocenters. The highest BCUT2D eigenvalue weighted by Gasteiger charge is 2.34. The molecule has 9 nitrogen and oxygen atoms in total. The Labute approximate surface area is 252 Å². The van der Waals surface area contributed by atoms with Gasteiger partial charge in [-0.2, -0.15) is 0 Å². The third-order valence-corrected chi connectivity index (χ3v) is 8.92. The number of fused-ring (bicyclic) bond motifs is 1. The predicted octanol–water partition coefficient (Wildman–Crippen LogP) is 4.82. The fourth-order valence-electron chi connectivity index (χ4n) is 4.88. The quantitative estimate of drug-likeness (QED) is 0.278. The average Bonchev–Trinajstić information content (AvgIpc) is 3.00. The lowest BCUT2D eigenvalue weighted by Gasteiger charge is -2.33. The van der Waals surface area contributed by atoms with Crippen molar-refractivity contribution in [1.82, 2.24) is 10.2 Å². The molecule has 1 heterocycles. The monoisotopic (exact) mass is 611 g/mol. The maximum atomic E-state index is 14.1. The number of hydrogen-bond donors (Lipinski definition) is 1. The highest BCUT2D eigenvalue weighted by atomic mass is 32.2. The lowest BCUT2D eigenvalue weighted by molar-refractivity contribution is -0.140. The Kier molecular flexibility index (Phi) is 10.6. The predicted molar refractivity (Wildman–Crippen MR) is 162 cm³/mol. The van der Waals surface area contributed by atoms with Gasteiger partial charge in [0.2, 0.25) is 11.8 Å². The maximum absolute atomic E-state index is 14.1. The molecule has 1 aliphatic rings. The molecule has 43 heavy (non-hydrogen) atoms. The Morgan fingerprint density at radius 2 is 1.70 bits per heavy atom. The summed E-state index contributed by atoms with van der Waals surface area (Å²) < 4.78 is 54.1. The summed E-state index contributed by atoms with van der Waals surface area (Å²) in [6.07, 6.45) is 2.01. The third-order valence-electron chi connectivity index (χ3n) is 7.15. The van der Waals surface area contributed by atoms with E-state index in [0.29, 0.717) is 25.3 Å². The van der Waals surface area contributed by atoms with Crippen LogP contribution in [0.2, 0.25) is 0 Å². The Bertz CT molecular complexity index is 1530. The second-order valence-electron chi connectivity index (χ2n) is 10.4. The maximum Gasteiger partial charge on any atom is 0.264 e. The van der Waals surface area contributed by atoms with Crippen molar-refractivity contribution >= 4 is 27.5 Å². The number of benzene rings is 3. The number of amides is 2. The van der Waals surface area contributed by atoms with Crippen LogP contribution >= 0.6 is 0 Å². The van der Waals surface area contributed by atoms with Crippen molar-refractivity contribution in [2.45, 2.75) is 57.5 Å². The first-order valence-electron chi connectivity index (χ1n) is 14.4. The number of unbranched alkanes of at least 4 members (excludes halogenated alkanes) is 1. The molecule has 2 amide bonds. The lowest BCUT2D eigenvalue weighted by Crippen LogP contribution is -2.52. The molecule has 1 N–H and O–H groups in total. The number of carbonyl (C=O) groups excluding carboxylic acids is 2. The van der Waals surface area contributed by atoms with E-state index in [-0.39, 0.29) is 35.4 Å². The van der Waals surface area contributed by atoms with Crippen LogP contribution in [0, 0.1) is 12.7 Å². The van der Waals surface area contributed by atoms with Crippen LogP contribution in [0.1, 0.15) is 44.2 Å². The van der Waals surface area contributed by atoms with Crippen LogP contribution in [0.15, 0.2) is 71.6 Å². The summed E-state index contributed by atoms with van der Waals surface area (Å²) >= 11 is 0. The second kappa shape index (κ2) is 14.4. The molecule has 11 heteroatoms. The summed E-state index contributed by atoms with van der Waals surface area (Å²) in [6, 6.07) is 15.9. The van der Waals surface area contributed by atoms with Crippen molar-refractivity contribution in [2.75, 3.05) is 30.6 Å². The number of carbonyl (C=O) groups is 2. The first-order chi connectivity index (χ1) is 20.6. The lowest BCUT2D eigenvalue weighted by atomic mass is 10.1. The van der Waals surface area contributed by atoms with Crippen molar-refractivity contribution < 1.29 is 31.9 Å². The van der Waals surface area contributed by atoms with Crippen molar-refractivity contribution in [3.63, 3.8) is 0 Å². The molecule has 1 unspecified atom stereocenters. The van der Waals surface area contributed by atoms with Gasteiger partial charge in [0, 0.05) is 19.2 Å². The van der Waals surface area contributed by atoms with E-state index in [0.717, 1.165) is 40.4 Å². The minimum absolute atomic E-state index is 0.0978. The van der Waals surface area contributed by atoms with Gasteiger partial charge in [-0.3, -0.25) is 13.9 Å². The minimum atomic E-state index is -4.35. The summed E-state index contributed by atoms with van der Waals surface area (Å²) in [6.45, 7) is 6.32. The molecule has 0 saturated heterocycles. The number of hydrogen-bond acceptors (Lipinski definition) is 6. The van der Waals surface area contributed by atoms with Crippen molar-refractivity contribution in [3.05, 3.63) is 83.7 Å². The van der Waals surface area contributed by atoms with Crippen molar-refractivity contribution in [3.8, 4) is 11.5 Å². The molecule has 230 valence electrons. The molecule has 3 aromatic rings. The van der Waals surface area contributed by atoms with Gasteiger partial charge in [0.1, 0.15) is 31.6 Å². The van der Waals surface area contributed by atoms with E-state index in [4.69, 9.17) is 9.47 Å². The Balaban J connectivity index is 1.72. The van der Waals surface area contributed by atoms with E-state index in [9.17, 15) is 22.4 Å². The van der Waals surface area contributed by atoms with Gasteiger partial charge in [-0.25, -0.2) is 12.8 Å². The number of sulfonamides is 1. The largest absolute Gasteiger partial charge is 0.486 e. The minimum Gasteiger partial charge on any atom is -0.486 e. The average molecular weight is 612 g/mol. The number of anilines is 1. The molecule has 0 fully saturated rings. The smallest absolute Gasteiger partial charge is 0.264 e. The number of ether oxygens (including phenoxy) is 2. The highest BCUT2D eigenvalue weighted by molar-refractivity contribution is 7.92. The van der Waals surface area contributed by atoms with Gasteiger partial charge < -0.3 is 19.7 Å². The van der Waals surface area contributed by atoms with Gasteiger partial charge in [-0.05, 0) is 61.7 Å². The van der Waals surface area contributed by atoms with Gasteiger partial charge in [-0.1, -0.05) is 50.1 Å². The molecule has 0 saturated carbocycles. The molecular weight excluding hydrogens is 573 g/mol. The SMILES string of the molecule is CCCCNC(=O)C(CC)N(Cc1cccc(C)c1)C(=O)CN(c1ccc(F)cc1)S(=O)(=O)c1ccc2c(c1)OCCO2. The van der Waals surface area contributed by atoms with Gasteiger partial charge in [0.25, 0.3) is 10.0 Å². The Hall–Kier alpha value is -4.12. The van der Waals surface area contributed by atoms with Gasteiger partial charge >= 0.3 is 0 Å². The molecule has 3 aromatic carbocycles. The fourth-order valence-corrected chi connectivity index (χ4v) is 6.31. The van der Waals surface area contributed by atoms with Gasteiger partial charge in [-0.15, -0.1) is 0 Å². The summed E-state index contributed by atoms with van der Waals surface area (Å²) in [5.41, 5.74) is 1.89. The first-order valence-corrected chi connectivity index (χ1v) is 15.9. The van der Waals surface area contributed by atoms with Crippen LogP contribution in [0.25, 0.3) is 0 Å².